The molecule has 0 fully saturated rings. The lowest BCUT2D eigenvalue weighted by atomic mass is 10.2. The SMILES string of the molecule is Brc1ccccc1.c1ccc(COCc2ccccc2)cc1. The molecule has 0 saturated carbocycles. The Morgan fingerprint density at radius 2 is 0.909 bits per heavy atom. The van der Waals surface area contributed by atoms with Gasteiger partial charge in [-0.3, -0.25) is 0 Å². The second kappa shape index (κ2) is 9.93. The molecule has 0 aliphatic rings. The van der Waals surface area contributed by atoms with E-state index in [4.69, 9.17) is 4.74 Å². The van der Waals surface area contributed by atoms with E-state index in [1.807, 2.05) is 66.7 Å². The molecular formula is C20H19BrO. The molecule has 0 amide bonds. The van der Waals surface area contributed by atoms with Crippen LogP contribution in [0, 0.1) is 0 Å². The Hall–Kier alpha value is -1.90. The van der Waals surface area contributed by atoms with Gasteiger partial charge in [0, 0.05) is 4.47 Å². The first-order chi connectivity index (χ1) is 10.8. The van der Waals surface area contributed by atoms with Gasteiger partial charge < -0.3 is 4.74 Å². The molecule has 0 aliphatic carbocycles. The number of benzene rings is 3. The van der Waals surface area contributed by atoms with Gasteiger partial charge in [-0.05, 0) is 23.3 Å². The molecule has 112 valence electrons. The molecular weight excluding hydrogens is 336 g/mol. The molecule has 3 aromatic rings. The van der Waals surface area contributed by atoms with Gasteiger partial charge in [-0.2, -0.15) is 0 Å². The van der Waals surface area contributed by atoms with E-state index >= 15 is 0 Å². The molecule has 0 aromatic heterocycles. The fourth-order valence-corrected chi connectivity index (χ4v) is 2.16. The van der Waals surface area contributed by atoms with Crippen molar-refractivity contribution in [1.29, 1.82) is 0 Å². The summed E-state index contributed by atoms with van der Waals surface area (Å²) in [6, 6.07) is 30.4. The summed E-state index contributed by atoms with van der Waals surface area (Å²) in [5.41, 5.74) is 2.43. The highest BCUT2D eigenvalue weighted by Gasteiger charge is 1.93. The van der Waals surface area contributed by atoms with Crippen molar-refractivity contribution in [2.45, 2.75) is 13.2 Å². The summed E-state index contributed by atoms with van der Waals surface area (Å²) in [6.45, 7) is 1.35. The smallest absolute Gasteiger partial charge is 0.0721 e. The maximum atomic E-state index is 5.61. The molecule has 0 radical (unpaired) electrons. The Balaban J connectivity index is 0.000000211. The van der Waals surface area contributed by atoms with Gasteiger partial charge in [-0.15, -0.1) is 0 Å². The van der Waals surface area contributed by atoms with E-state index in [9.17, 15) is 0 Å². The van der Waals surface area contributed by atoms with Crippen LogP contribution in [0.2, 0.25) is 0 Å². The number of rotatable bonds is 4. The van der Waals surface area contributed by atoms with E-state index in [1.165, 1.54) is 11.1 Å². The lowest BCUT2D eigenvalue weighted by molar-refractivity contribution is 0.107. The summed E-state index contributed by atoms with van der Waals surface area (Å²) >= 11 is 3.31. The molecule has 2 heteroatoms. The minimum Gasteiger partial charge on any atom is -0.372 e. The van der Waals surface area contributed by atoms with Crippen LogP contribution in [0.15, 0.2) is 95.5 Å². The zero-order chi connectivity index (χ0) is 15.5. The third-order valence-electron chi connectivity index (χ3n) is 2.96. The highest BCUT2D eigenvalue weighted by Crippen LogP contribution is 2.06. The fourth-order valence-electron chi connectivity index (χ4n) is 1.85. The zero-order valence-corrected chi connectivity index (χ0v) is 13.9. The molecule has 22 heavy (non-hydrogen) atoms. The van der Waals surface area contributed by atoms with Crippen LogP contribution in [0.25, 0.3) is 0 Å². The van der Waals surface area contributed by atoms with Crippen LogP contribution in [0.1, 0.15) is 11.1 Å². The highest BCUT2D eigenvalue weighted by molar-refractivity contribution is 9.10. The van der Waals surface area contributed by atoms with Crippen LogP contribution in [-0.2, 0) is 18.0 Å². The van der Waals surface area contributed by atoms with Crippen molar-refractivity contribution in [2.24, 2.45) is 0 Å². The Morgan fingerprint density at radius 3 is 1.23 bits per heavy atom. The quantitative estimate of drug-likeness (QED) is 0.570. The minimum atomic E-state index is 0.676. The summed E-state index contributed by atoms with van der Waals surface area (Å²) in [7, 11) is 0. The molecule has 0 heterocycles. The second-order valence-corrected chi connectivity index (χ2v) is 5.68. The molecule has 3 rings (SSSR count). The maximum Gasteiger partial charge on any atom is 0.0721 e. The van der Waals surface area contributed by atoms with Crippen LogP contribution in [0.5, 0.6) is 0 Å². The lowest BCUT2D eigenvalue weighted by Crippen LogP contribution is -1.93. The Labute approximate surface area is 140 Å². The summed E-state index contributed by atoms with van der Waals surface area (Å²) in [4.78, 5) is 0. The van der Waals surface area contributed by atoms with Gasteiger partial charge in [-0.25, -0.2) is 0 Å². The van der Waals surface area contributed by atoms with Gasteiger partial charge in [0.05, 0.1) is 13.2 Å². The molecule has 3 aromatic carbocycles. The average Bonchev–Trinajstić information content (AvgIpc) is 2.58. The topological polar surface area (TPSA) is 9.23 Å². The molecule has 0 unspecified atom stereocenters. The van der Waals surface area contributed by atoms with Gasteiger partial charge >= 0.3 is 0 Å². The van der Waals surface area contributed by atoms with E-state index in [2.05, 4.69) is 40.2 Å². The van der Waals surface area contributed by atoms with Gasteiger partial charge in [0.1, 0.15) is 0 Å². The van der Waals surface area contributed by atoms with E-state index in [1.54, 1.807) is 0 Å². The Morgan fingerprint density at radius 1 is 0.545 bits per heavy atom. The molecule has 0 saturated heterocycles. The number of halogens is 1. The van der Waals surface area contributed by atoms with Crippen molar-refractivity contribution in [3.8, 4) is 0 Å². The van der Waals surface area contributed by atoms with Gasteiger partial charge in [0.15, 0.2) is 0 Å². The summed E-state index contributed by atoms with van der Waals surface area (Å²) in [6.07, 6.45) is 0. The third kappa shape index (κ3) is 6.70. The molecule has 0 spiro atoms. The maximum absolute atomic E-state index is 5.61. The predicted molar refractivity (Wildman–Crippen MR) is 95.5 cm³/mol. The van der Waals surface area contributed by atoms with Gasteiger partial charge in [0.2, 0.25) is 0 Å². The monoisotopic (exact) mass is 354 g/mol. The minimum absolute atomic E-state index is 0.676. The molecule has 1 nitrogen and oxygen atoms in total. The van der Waals surface area contributed by atoms with Crippen LogP contribution in [0.3, 0.4) is 0 Å². The first-order valence-electron chi connectivity index (χ1n) is 7.21. The van der Waals surface area contributed by atoms with Crippen molar-refractivity contribution in [3.63, 3.8) is 0 Å². The van der Waals surface area contributed by atoms with E-state index in [0.29, 0.717) is 13.2 Å². The second-order valence-electron chi connectivity index (χ2n) is 4.76. The van der Waals surface area contributed by atoms with Crippen molar-refractivity contribution >= 4 is 15.9 Å². The number of ether oxygens (including phenoxy) is 1. The molecule has 0 aliphatic heterocycles. The standard InChI is InChI=1S/C14H14O.C6H5Br/c1-3-7-13(8-4-1)11-15-12-14-9-5-2-6-10-14;7-6-4-2-1-3-5-6/h1-10H,11-12H2;1-5H. The van der Waals surface area contributed by atoms with Crippen molar-refractivity contribution in [2.75, 3.05) is 0 Å². The zero-order valence-electron chi connectivity index (χ0n) is 12.4. The Bertz CT molecular complexity index is 584. The van der Waals surface area contributed by atoms with Crippen molar-refractivity contribution < 1.29 is 4.74 Å². The summed E-state index contributed by atoms with van der Waals surface area (Å²) < 4.78 is 6.74. The fraction of sp³-hybridized carbons (Fsp3) is 0.100. The molecule has 0 bridgehead atoms. The van der Waals surface area contributed by atoms with E-state index < -0.39 is 0 Å². The van der Waals surface area contributed by atoms with Gasteiger partial charge in [0.25, 0.3) is 0 Å². The normalized spacial score (nSPS) is 9.68. The van der Waals surface area contributed by atoms with Gasteiger partial charge in [-0.1, -0.05) is 94.8 Å². The third-order valence-corrected chi connectivity index (χ3v) is 3.48. The Kier molecular flexibility index (Phi) is 7.44. The number of hydrogen-bond acceptors (Lipinski definition) is 1. The van der Waals surface area contributed by atoms with E-state index in [0.717, 1.165) is 4.47 Å². The van der Waals surface area contributed by atoms with Crippen molar-refractivity contribution in [1.82, 2.24) is 0 Å². The van der Waals surface area contributed by atoms with Crippen LogP contribution in [-0.4, -0.2) is 0 Å². The lowest BCUT2D eigenvalue weighted by Gasteiger charge is -2.03. The van der Waals surface area contributed by atoms with Crippen LogP contribution < -0.4 is 0 Å². The summed E-state index contributed by atoms with van der Waals surface area (Å²) in [5.74, 6) is 0. The molecule has 0 N–H and O–H groups in total. The van der Waals surface area contributed by atoms with Crippen molar-refractivity contribution in [3.05, 3.63) is 107 Å². The van der Waals surface area contributed by atoms with Crippen LogP contribution >= 0.6 is 15.9 Å². The van der Waals surface area contributed by atoms with Crippen LogP contribution in [0.4, 0.5) is 0 Å². The summed E-state index contributed by atoms with van der Waals surface area (Å²) in [5, 5.41) is 0. The largest absolute Gasteiger partial charge is 0.372 e. The first-order valence-corrected chi connectivity index (χ1v) is 8.00. The predicted octanol–water partition coefficient (Wildman–Crippen LogP) is 5.85. The molecule has 0 atom stereocenters. The average molecular weight is 355 g/mol. The first kappa shape index (κ1) is 16.5. The highest BCUT2D eigenvalue weighted by atomic mass is 79.9. The number of hydrogen-bond donors (Lipinski definition) is 0. The van der Waals surface area contributed by atoms with E-state index in [-0.39, 0.29) is 0 Å².